The van der Waals surface area contributed by atoms with Crippen molar-refractivity contribution >= 4 is 17.5 Å². The number of fused-ring (bicyclic) bond motifs is 4. The first kappa shape index (κ1) is 25.3. The summed E-state index contributed by atoms with van der Waals surface area (Å²) >= 11 is 0. The fourth-order valence-corrected chi connectivity index (χ4v) is 6.54. The number of ether oxygens (including phenoxy) is 2. The van der Waals surface area contributed by atoms with E-state index in [1.165, 1.54) is 16.8 Å². The van der Waals surface area contributed by atoms with Gasteiger partial charge in [-0.25, -0.2) is 0 Å². The first-order valence-corrected chi connectivity index (χ1v) is 13.7. The Morgan fingerprint density at radius 3 is 2.31 bits per heavy atom. The van der Waals surface area contributed by atoms with Gasteiger partial charge in [0.1, 0.15) is 0 Å². The van der Waals surface area contributed by atoms with Crippen molar-refractivity contribution in [3.8, 4) is 11.5 Å². The highest BCUT2D eigenvalue weighted by Gasteiger charge is 2.48. The second-order valence-corrected chi connectivity index (χ2v) is 10.8. The van der Waals surface area contributed by atoms with Gasteiger partial charge >= 0.3 is 0 Å². The van der Waals surface area contributed by atoms with Crippen molar-refractivity contribution in [3.05, 3.63) is 88.0 Å². The molecule has 0 aromatic heterocycles. The minimum absolute atomic E-state index is 0.0140. The number of carbonyl (C=O) groups excluding carboxylic acids is 2. The molecule has 2 amide bonds. The zero-order chi connectivity index (χ0) is 27.3. The summed E-state index contributed by atoms with van der Waals surface area (Å²) in [4.78, 5) is 34.4. The van der Waals surface area contributed by atoms with E-state index >= 15 is 0 Å². The molecule has 7 heteroatoms. The second-order valence-electron chi connectivity index (χ2n) is 10.8. The number of rotatable bonds is 4. The SMILES string of the molecule is COc1cc2c(cc1OC)C1C(C(=O)N3CCN(c4cc(C)ccc4C)CC3)c3ccccc3C(=O)N1CC2. The molecule has 0 N–H and O–H groups in total. The summed E-state index contributed by atoms with van der Waals surface area (Å²) in [6.45, 7) is 7.65. The molecule has 202 valence electrons. The van der Waals surface area contributed by atoms with Gasteiger partial charge in [-0.3, -0.25) is 9.59 Å². The predicted molar refractivity (Wildman–Crippen MR) is 151 cm³/mol. The highest BCUT2D eigenvalue weighted by atomic mass is 16.5. The van der Waals surface area contributed by atoms with Gasteiger partial charge in [-0.1, -0.05) is 30.3 Å². The van der Waals surface area contributed by atoms with Crippen LogP contribution in [0.15, 0.2) is 54.6 Å². The first-order valence-electron chi connectivity index (χ1n) is 13.7. The van der Waals surface area contributed by atoms with Crippen LogP contribution in [-0.2, 0) is 11.2 Å². The number of aryl methyl sites for hydroxylation is 2. The molecule has 6 rings (SSSR count). The van der Waals surface area contributed by atoms with Crippen molar-refractivity contribution in [2.45, 2.75) is 32.2 Å². The summed E-state index contributed by atoms with van der Waals surface area (Å²) in [6, 6.07) is 17.7. The van der Waals surface area contributed by atoms with Crippen LogP contribution in [0.3, 0.4) is 0 Å². The molecule has 3 aliphatic rings. The van der Waals surface area contributed by atoms with Gasteiger partial charge in [0.15, 0.2) is 11.5 Å². The van der Waals surface area contributed by atoms with E-state index in [0.29, 0.717) is 43.1 Å². The first-order chi connectivity index (χ1) is 18.9. The van der Waals surface area contributed by atoms with Crippen molar-refractivity contribution < 1.29 is 19.1 Å². The van der Waals surface area contributed by atoms with Crippen LogP contribution < -0.4 is 14.4 Å². The van der Waals surface area contributed by atoms with E-state index in [-0.39, 0.29) is 17.9 Å². The van der Waals surface area contributed by atoms with Crippen molar-refractivity contribution in [3.63, 3.8) is 0 Å². The number of hydrogen-bond donors (Lipinski definition) is 0. The Morgan fingerprint density at radius 2 is 1.56 bits per heavy atom. The number of methoxy groups -OCH3 is 2. The molecule has 0 radical (unpaired) electrons. The lowest BCUT2D eigenvalue weighted by atomic mass is 9.75. The van der Waals surface area contributed by atoms with Crippen LogP contribution in [0, 0.1) is 13.8 Å². The van der Waals surface area contributed by atoms with E-state index in [0.717, 1.165) is 29.8 Å². The minimum atomic E-state index is -0.483. The molecule has 39 heavy (non-hydrogen) atoms. The Morgan fingerprint density at radius 1 is 0.846 bits per heavy atom. The van der Waals surface area contributed by atoms with Gasteiger partial charge in [0, 0.05) is 44.0 Å². The van der Waals surface area contributed by atoms with Gasteiger partial charge in [0.2, 0.25) is 5.91 Å². The average molecular weight is 526 g/mol. The fourth-order valence-electron chi connectivity index (χ4n) is 6.54. The minimum Gasteiger partial charge on any atom is -0.493 e. The third-order valence-corrected chi connectivity index (χ3v) is 8.59. The van der Waals surface area contributed by atoms with Crippen LogP contribution in [0.25, 0.3) is 0 Å². The summed E-state index contributed by atoms with van der Waals surface area (Å²) in [7, 11) is 3.24. The van der Waals surface area contributed by atoms with Crippen LogP contribution in [0.2, 0.25) is 0 Å². The van der Waals surface area contributed by atoms with Gasteiger partial charge in [-0.05, 0) is 72.4 Å². The summed E-state index contributed by atoms with van der Waals surface area (Å²) < 4.78 is 11.2. The molecule has 0 aliphatic carbocycles. The lowest BCUT2D eigenvalue weighted by Crippen LogP contribution is -2.54. The molecular weight excluding hydrogens is 490 g/mol. The summed E-state index contributed by atoms with van der Waals surface area (Å²) in [5, 5.41) is 0. The molecule has 3 aromatic carbocycles. The van der Waals surface area contributed by atoms with E-state index in [1.54, 1.807) is 14.2 Å². The fraction of sp³-hybridized carbons (Fsp3) is 0.375. The summed E-state index contributed by atoms with van der Waals surface area (Å²) in [6.07, 6.45) is 0.704. The number of amides is 2. The topological polar surface area (TPSA) is 62.3 Å². The third-order valence-electron chi connectivity index (χ3n) is 8.59. The monoisotopic (exact) mass is 525 g/mol. The highest BCUT2D eigenvalue weighted by molar-refractivity contribution is 6.01. The Kier molecular flexibility index (Phi) is 6.45. The van der Waals surface area contributed by atoms with Gasteiger partial charge < -0.3 is 24.2 Å². The Balaban J connectivity index is 1.36. The molecule has 0 bridgehead atoms. The maximum Gasteiger partial charge on any atom is 0.254 e. The molecule has 1 saturated heterocycles. The molecule has 0 spiro atoms. The standard InChI is InChI=1S/C32H35N3O4/c1-20-9-10-21(2)26(17-20)33-13-15-34(16-14-33)32(37)29-23-7-5-6-8-24(23)31(36)35-12-11-22-18-27(38-3)28(39-4)19-25(22)30(29)35/h5-10,17-19,29-30H,11-16H2,1-4H3. The zero-order valence-corrected chi connectivity index (χ0v) is 23.1. The summed E-state index contributed by atoms with van der Waals surface area (Å²) in [5.74, 6) is 0.853. The maximum absolute atomic E-state index is 14.4. The van der Waals surface area contributed by atoms with E-state index < -0.39 is 5.92 Å². The van der Waals surface area contributed by atoms with E-state index in [1.807, 2.05) is 46.2 Å². The van der Waals surface area contributed by atoms with Gasteiger partial charge in [-0.2, -0.15) is 0 Å². The van der Waals surface area contributed by atoms with E-state index in [4.69, 9.17) is 9.47 Å². The van der Waals surface area contributed by atoms with Crippen LogP contribution >= 0.6 is 0 Å². The van der Waals surface area contributed by atoms with E-state index in [2.05, 4.69) is 36.9 Å². The lowest BCUT2D eigenvalue weighted by Gasteiger charge is -2.47. The third kappa shape index (κ3) is 4.20. The van der Waals surface area contributed by atoms with E-state index in [9.17, 15) is 9.59 Å². The molecule has 3 aromatic rings. The molecule has 7 nitrogen and oxygen atoms in total. The number of anilines is 1. The number of benzene rings is 3. The molecule has 2 atom stereocenters. The van der Waals surface area contributed by atoms with Crippen LogP contribution in [-0.4, -0.2) is 68.6 Å². The van der Waals surface area contributed by atoms with Crippen LogP contribution in [0.5, 0.6) is 11.5 Å². The molecule has 3 heterocycles. The zero-order valence-electron chi connectivity index (χ0n) is 23.1. The quantitative estimate of drug-likeness (QED) is 0.502. The predicted octanol–water partition coefficient (Wildman–Crippen LogP) is 4.51. The summed E-state index contributed by atoms with van der Waals surface area (Å²) in [5.41, 5.74) is 7.23. The average Bonchev–Trinajstić information content (AvgIpc) is 2.97. The smallest absolute Gasteiger partial charge is 0.254 e. The second kappa shape index (κ2) is 9.95. The van der Waals surface area contributed by atoms with Crippen molar-refractivity contribution in [1.82, 2.24) is 9.80 Å². The van der Waals surface area contributed by atoms with Crippen LogP contribution in [0.1, 0.15) is 50.1 Å². The van der Waals surface area contributed by atoms with Crippen LogP contribution in [0.4, 0.5) is 5.69 Å². The highest BCUT2D eigenvalue weighted by Crippen LogP contribution is 2.49. The largest absolute Gasteiger partial charge is 0.493 e. The Labute approximate surface area is 229 Å². The van der Waals surface area contributed by atoms with Crippen molar-refractivity contribution in [1.29, 1.82) is 0 Å². The van der Waals surface area contributed by atoms with Gasteiger partial charge in [-0.15, -0.1) is 0 Å². The Hall–Kier alpha value is -4.00. The van der Waals surface area contributed by atoms with Crippen molar-refractivity contribution in [2.75, 3.05) is 51.8 Å². The lowest BCUT2D eigenvalue weighted by molar-refractivity contribution is -0.135. The number of carbonyl (C=O) groups is 2. The molecule has 2 unspecified atom stereocenters. The number of piperazine rings is 1. The normalized spacial score (nSPS) is 20.2. The molecule has 1 fully saturated rings. The Bertz CT molecular complexity index is 1440. The maximum atomic E-state index is 14.4. The van der Waals surface area contributed by atoms with Gasteiger partial charge in [0.25, 0.3) is 5.91 Å². The molecule has 0 saturated carbocycles. The molecule has 3 aliphatic heterocycles. The number of nitrogens with zero attached hydrogens (tertiary/aromatic N) is 3. The van der Waals surface area contributed by atoms with Gasteiger partial charge in [0.05, 0.1) is 26.2 Å². The molecular formula is C32H35N3O4. The van der Waals surface area contributed by atoms with Crippen molar-refractivity contribution in [2.24, 2.45) is 0 Å². The number of hydrogen-bond acceptors (Lipinski definition) is 5.